The third-order valence-corrected chi connectivity index (χ3v) is 5.73. The molecule has 2 heterocycles. The van der Waals surface area contributed by atoms with Gasteiger partial charge in [-0.15, -0.1) is 0 Å². The van der Waals surface area contributed by atoms with Crippen molar-refractivity contribution in [2.75, 3.05) is 6.54 Å². The molecule has 0 radical (unpaired) electrons. The number of amides is 1. The number of fused-ring (bicyclic) bond motifs is 1. The number of H-pyrrole nitrogens is 1. The van der Waals surface area contributed by atoms with Gasteiger partial charge in [-0.3, -0.25) is 4.79 Å². The topological polar surface area (TPSA) is 36.1 Å². The van der Waals surface area contributed by atoms with Gasteiger partial charge in [0.05, 0.1) is 9.08 Å². The highest BCUT2D eigenvalue weighted by molar-refractivity contribution is 9.13. The van der Waals surface area contributed by atoms with E-state index in [2.05, 4.69) is 36.8 Å². The molecule has 0 spiro atoms. The Hall–Kier alpha value is -1.07. The Morgan fingerprint density at radius 1 is 1.30 bits per heavy atom. The van der Waals surface area contributed by atoms with Crippen LogP contribution >= 0.6 is 31.9 Å². The summed E-state index contributed by atoms with van der Waals surface area (Å²) in [6.07, 6.45) is 0.858. The number of carbonyl (C=O) groups is 1. The van der Waals surface area contributed by atoms with Gasteiger partial charge in [0.15, 0.2) is 0 Å². The molecular formula is C15H14Br2N2O. The van der Waals surface area contributed by atoms with Gasteiger partial charge in [0.25, 0.3) is 5.91 Å². The summed E-state index contributed by atoms with van der Waals surface area (Å²) in [7, 11) is 0. The van der Waals surface area contributed by atoms with Crippen LogP contribution in [0.15, 0.2) is 33.3 Å². The molecule has 0 aliphatic carbocycles. The van der Waals surface area contributed by atoms with Gasteiger partial charge in [-0.05, 0) is 50.4 Å². The number of benzene rings is 1. The summed E-state index contributed by atoms with van der Waals surface area (Å²) < 4.78 is 1.97. The molecule has 104 valence electrons. The highest BCUT2D eigenvalue weighted by atomic mass is 79.9. The third kappa shape index (κ3) is 2.33. The van der Waals surface area contributed by atoms with E-state index >= 15 is 0 Å². The van der Waals surface area contributed by atoms with E-state index in [1.807, 2.05) is 36.1 Å². The highest BCUT2D eigenvalue weighted by Gasteiger charge is 2.26. The second kappa shape index (κ2) is 5.37. The van der Waals surface area contributed by atoms with Crippen molar-refractivity contribution >= 4 is 37.8 Å². The van der Waals surface area contributed by atoms with Crippen molar-refractivity contribution in [3.63, 3.8) is 0 Å². The molecule has 1 aliphatic heterocycles. The summed E-state index contributed by atoms with van der Waals surface area (Å²) in [6.45, 7) is 3.37. The van der Waals surface area contributed by atoms with Crippen molar-refractivity contribution < 1.29 is 4.79 Å². The number of nitrogens with one attached hydrogen (secondary N) is 1. The zero-order chi connectivity index (χ0) is 14.3. The minimum Gasteiger partial charge on any atom is -0.352 e. The molecule has 0 atom stereocenters. The molecule has 1 amide bonds. The standard InChI is InChI=1S/C15H14Br2N2O/c1-9-4-2-3-5-10(9)15(20)19-7-6-12-11(8-19)13(16)14(17)18-12/h2-5,18H,6-8H2,1H3. The summed E-state index contributed by atoms with van der Waals surface area (Å²) in [5.74, 6) is 0.109. The number of hydrogen-bond donors (Lipinski definition) is 1. The predicted octanol–water partition coefficient (Wildman–Crippen LogP) is 4.05. The number of nitrogens with zero attached hydrogens (tertiary/aromatic N) is 1. The average Bonchev–Trinajstić information content (AvgIpc) is 2.74. The summed E-state index contributed by atoms with van der Waals surface area (Å²) in [5, 5.41) is 0. The lowest BCUT2D eigenvalue weighted by molar-refractivity contribution is 0.0733. The Morgan fingerprint density at radius 3 is 2.80 bits per heavy atom. The molecule has 1 aliphatic rings. The zero-order valence-electron chi connectivity index (χ0n) is 11.0. The van der Waals surface area contributed by atoms with E-state index in [0.717, 1.165) is 33.2 Å². The van der Waals surface area contributed by atoms with Crippen LogP contribution in [0.1, 0.15) is 27.2 Å². The van der Waals surface area contributed by atoms with E-state index < -0.39 is 0 Å². The van der Waals surface area contributed by atoms with Crippen LogP contribution in [-0.2, 0) is 13.0 Å². The molecule has 0 fully saturated rings. The second-order valence-electron chi connectivity index (χ2n) is 5.00. The predicted molar refractivity (Wildman–Crippen MR) is 85.8 cm³/mol. The molecule has 3 nitrogen and oxygen atoms in total. The van der Waals surface area contributed by atoms with Crippen LogP contribution in [-0.4, -0.2) is 22.3 Å². The van der Waals surface area contributed by atoms with Crippen molar-refractivity contribution in [2.45, 2.75) is 19.9 Å². The monoisotopic (exact) mass is 396 g/mol. The van der Waals surface area contributed by atoms with Gasteiger partial charge < -0.3 is 9.88 Å². The van der Waals surface area contributed by atoms with Crippen molar-refractivity contribution in [1.29, 1.82) is 0 Å². The van der Waals surface area contributed by atoms with E-state index in [9.17, 15) is 4.79 Å². The van der Waals surface area contributed by atoms with Gasteiger partial charge in [0, 0.05) is 36.3 Å². The lowest BCUT2D eigenvalue weighted by atomic mass is 10.0. The quantitative estimate of drug-likeness (QED) is 0.774. The number of halogens is 2. The molecule has 1 aromatic heterocycles. The van der Waals surface area contributed by atoms with E-state index in [4.69, 9.17) is 0 Å². The maximum absolute atomic E-state index is 12.6. The number of aromatic amines is 1. The first-order chi connectivity index (χ1) is 9.58. The lowest BCUT2D eigenvalue weighted by Crippen LogP contribution is -2.36. The lowest BCUT2D eigenvalue weighted by Gasteiger charge is -2.28. The second-order valence-corrected chi connectivity index (χ2v) is 6.59. The molecule has 5 heteroatoms. The molecule has 0 unspecified atom stereocenters. The number of hydrogen-bond acceptors (Lipinski definition) is 1. The first-order valence-electron chi connectivity index (χ1n) is 6.47. The van der Waals surface area contributed by atoms with Crippen LogP contribution < -0.4 is 0 Å². The molecule has 0 bridgehead atoms. The maximum atomic E-state index is 12.6. The number of rotatable bonds is 1. The van der Waals surface area contributed by atoms with Crippen molar-refractivity contribution in [2.24, 2.45) is 0 Å². The van der Waals surface area contributed by atoms with E-state index in [0.29, 0.717) is 6.54 Å². The van der Waals surface area contributed by atoms with Crippen molar-refractivity contribution in [3.05, 3.63) is 55.7 Å². The zero-order valence-corrected chi connectivity index (χ0v) is 14.2. The van der Waals surface area contributed by atoms with E-state index in [1.54, 1.807) is 0 Å². The summed E-state index contributed by atoms with van der Waals surface area (Å²) in [6, 6.07) is 7.75. The average molecular weight is 398 g/mol. The fourth-order valence-corrected chi connectivity index (χ4v) is 3.52. The largest absolute Gasteiger partial charge is 0.352 e. The first-order valence-corrected chi connectivity index (χ1v) is 8.06. The van der Waals surface area contributed by atoms with Crippen LogP contribution in [0.4, 0.5) is 0 Å². The molecule has 20 heavy (non-hydrogen) atoms. The van der Waals surface area contributed by atoms with E-state index in [1.165, 1.54) is 11.3 Å². The highest BCUT2D eigenvalue weighted by Crippen LogP contribution is 2.33. The van der Waals surface area contributed by atoms with Gasteiger partial charge >= 0.3 is 0 Å². The van der Waals surface area contributed by atoms with Gasteiger partial charge in [0.2, 0.25) is 0 Å². The Kier molecular flexibility index (Phi) is 3.73. The molecule has 1 aromatic carbocycles. The normalized spacial score (nSPS) is 14.2. The van der Waals surface area contributed by atoms with Crippen molar-refractivity contribution in [3.8, 4) is 0 Å². The molecule has 0 saturated carbocycles. The SMILES string of the molecule is Cc1ccccc1C(=O)N1CCc2[nH]c(Br)c(Br)c2C1. The summed E-state index contributed by atoms with van der Waals surface area (Å²) in [4.78, 5) is 17.9. The fraction of sp³-hybridized carbons (Fsp3) is 0.267. The molecule has 2 aromatic rings. The van der Waals surface area contributed by atoms with Crippen LogP contribution in [0.2, 0.25) is 0 Å². The van der Waals surface area contributed by atoms with Crippen LogP contribution in [0.3, 0.4) is 0 Å². The molecule has 3 rings (SSSR count). The Balaban J connectivity index is 1.89. The fourth-order valence-electron chi connectivity index (χ4n) is 2.58. The Labute approximate surface area is 134 Å². The van der Waals surface area contributed by atoms with Crippen LogP contribution in [0, 0.1) is 6.92 Å². The van der Waals surface area contributed by atoms with Gasteiger partial charge in [-0.1, -0.05) is 18.2 Å². The van der Waals surface area contributed by atoms with Gasteiger partial charge in [0.1, 0.15) is 0 Å². The number of aromatic nitrogens is 1. The summed E-state index contributed by atoms with van der Waals surface area (Å²) >= 11 is 7.05. The summed E-state index contributed by atoms with van der Waals surface area (Å²) in [5.41, 5.74) is 4.20. The maximum Gasteiger partial charge on any atom is 0.254 e. The smallest absolute Gasteiger partial charge is 0.254 e. The minimum absolute atomic E-state index is 0.109. The first kappa shape index (κ1) is 13.9. The number of carbonyl (C=O) groups excluding carboxylic acids is 1. The third-order valence-electron chi connectivity index (χ3n) is 3.73. The van der Waals surface area contributed by atoms with Crippen molar-refractivity contribution in [1.82, 2.24) is 9.88 Å². The molecular weight excluding hydrogens is 384 g/mol. The number of aryl methyl sites for hydroxylation is 1. The molecule has 0 saturated heterocycles. The molecule has 1 N–H and O–H groups in total. The van der Waals surface area contributed by atoms with Gasteiger partial charge in [-0.2, -0.15) is 0 Å². The minimum atomic E-state index is 0.109. The van der Waals surface area contributed by atoms with Crippen LogP contribution in [0.5, 0.6) is 0 Å². The van der Waals surface area contributed by atoms with E-state index in [-0.39, 0.29) is 5.91 Å². The van der Waals surface area contributed by atoms with Crippen LogP contribution in [0.25, 0.3) is 0 Å². The Morgan fingerprint density at radius 2 is 2.05 bits per heavy atom. The Bertz CT molecular complexity index is 679. The van der Waals surface area contributed by atoms with Gasteiger partial charge in [-0.25, -0.2) is 0 Å².